The molecule has 2 heterocycles. The zero-order valence-corrected chi connectivity index (χ0v) is 15.9. The number of amides is 2. The van der Waals surface area contributed by atoms with Crippen molar-refractivity contribution in [2.24, 2.45) is 0 Å². The first-order chi connectivity index (χ1) is 14.7. The Morgan fingerprint density at radius 3 is 2.77 bits per heavy atom. The van der Waals surface area contributed by atoms with Crippen molar-refractivity contribution in [3.63, 3.8) is 0 Å². The number of para-hydroxylation sites is 4. The maximum Gasteiger partial charge on any atom is 0.265 e. The molecule has 148 valence electrons. The summed E-state index contributed by atoms with van der Waals surface area (Å²) in [6.07, 6.45) is 0. The lowest BCUT2D eigenvalue weighted by molar-refractivity contribution is -0.123. The second-order valence-corrected chi connectivity index (χ2v) is 6.85. The molecular formula is C23H17N3O4. The number of benzene rings is 3. The summed E-state index contributed by atoms with van der Waals surface area (Å²) in [5.74, 6) is 0.492. The highest BCUT2D eigenvalue weighted by atomic mass is 16.5. The predicted octanol–water partition coefficient (Wildman–Crippen LogP) is 3.86. The molecule has 0 saturated carbocycles. The first-order valence-electron chi connectivity index (χ1n) is 9.45. The Hall–Kier alpha value is -4.13. The molecule has 30 heavy (non-hydrogen) atoms. The number of oxazole rings is 1. The van der Waals surface area contributed by atoms with Crippen LogP contribution in [-0.2, 0) is 9.59 Å². The molecule has 0 unspecified atom stereocenters. The summed E-state index contributed by atoms with van der Waals surface area (Å²) < 4.78 is 11.2. The first-order valence-corrected chi connectivity index (χ1v) is 9.45. The molecule has 0 aliphatic carbocycles. The topological polar surface area (TPSA) is 84.7 Å². The molecule has 7 nitrogen and oxygen atoms in total. The summed E-state index contributed by atoms with van der Waals surface area (Å²) in [6, 6.07) is 21.9. The lowest BCUT2D eigenvalue weighted by Gasteiger charge is -2.28. The van der Waals surface area contributed by atoms with E-state index in [1.165, 1.54) is 4.90 Å². The fraction of sp³-hybridized carbons (Fsp3) is 0.0870. The van der Waals surface area contributed by atoms with E-state index in [1.807, 2.05) is 42.5 Å². The van der Waals surface area contributed by atoms with E-state index in [2.05, 4.69) is 10.3 Å². The number of fused-ring (bicyclic) bond motifs is 2. The van der Waals surface area contributed by atoms with Gasteiger partial charge in [-0.2, -0.15) is 0 Å². The lowest BCUT2D eigenvalue weighted by Crippen LogP contribution is -2.43. The molecule has 7 heteroatoms. The van der Waals surface area contributed by atoms with Crippen LogP contribution in [0.15, 0.2) is 77.2 Å². The molecule has 5 rings (SSSR count). The molecule has 1 N–H and O–H groups in total. The van der Waals surface area contributed by atoms with Crippen LogP contribution in [0.2, 0.25) is 0 Å². The second kappa shape index (κ2) is 7.36. The third kappa shape index (κ3) is 3.37. The van der Waals surface area contributed by atoms with Crippen molar-refractivity contribution in [2.75, 3.05) is 23.4 Å². The van der Waals surface area contributed by atoms with E-state index in [0.717, 1.165) is 11.1 Å². The van der Waals surface area contributed by atoms with Gasteiger partial charge in [-0.3, -0.25) is 14.5 Å². The maximum atomic E-state index is 12.6. The highest BCUT2D eigenvalue weighted by Crippen LogP contribution is 2.31. The molecule has 0 radical (unpaired) electrons. The van der Waals surface area contributed by atoms with Gasteiger partial charge in [0.2, 0.25) is 11.8 Å². The average Bonchev–Trinajstić information content (AvgIpc) is 3.20. The SMILES string of the molecule is O=C(CN1C(=O)COc2ccccc21)Nc1cccc(-c2nc3ccccc3o2)c1. The Morgan fingerprint density at radius 1 is 1.03 bits per heavy atom. The number of hydrogen-bond acceptors (Lipinski definition) is 5. The number of hydrogen-bond donors (Lipinski definition) is 1. The average molecular weight is 399 g/mol. The van der Waals surface area contributed by atoms with Gasteiger partial charge in [0.25, 0.3) is 5.91 Å². The third-order valence-corrected chi connectivity index (χ3v) is 4.80. The standard InChI is InChI=1S/C23H17N3O4/c27-21(13-26-18-9-2-4-11-20(18)29-14-22(26)28)24-16-7-5-6-15(12-16)23-25-17-8-1-3-10-19(17)30-23/h1-12H,13-14H2,(H,24,27). The second-order valence-electron chi connectivity index (χ2n) is 6.85. The van der Waals surface area contributed by atoms with Gasteiger partial charge in [0.15, 0.2) is 12.2 Å². The van der Waals surface area contributed by atoms with Crippen molar-refractivity contribution in [1.82, 2.24) is 4.98 Å². The summed E-state index contributed by atoms with van der Waals surface area (Å²) in [7, 11) is 0. The lowest BCUT2D eigenvalue weighted by atomic mass is 10.2. The Kier molecular flexibility index (Phi) is 4.40. The molecule has 0 atom stereocenters. The number of nitrogens with one attached hydrogen (secondary N) is 1. The van der Waals surface area contributed by atoms with Crippen molar-refractivity contribution in [2.45, 2.75) is 0 Å². The largest absolute Gasteiger partial charge is 0.482 e. The highest BCUT2D eigenvalue weighted by molar-refractivity contribution is 6.05. The summed E-state index contributed by atoms with van der Waals surface area (Å²) in [6.45, 7) is -0.191. The Morgan fingerprint density at radius 2 is 1.87 bits per heavy atom. The molecule has 0 spiro atoms. The number of rotatable bonds is 4. The van der Waals surface area contributed by atoms with Crippen LogP contribution in [-0.4, -0.2) is 29.9 Å². The molecule has 4 aromatic rings. The minimum Gasteiger partial charge on any atom is -0.482 e. The van der Waals surface area contributed by atoms with Gasteiger partial charge >= 0.3 is 0 Å². The van der Waals surface area contributed by atoms with Crippen LogP contribution >= 0.6 is 0 Å². The summed E-state index contributed by atoms with van der Waals surface area (Å²) in [5, 5.41) is 2.84. The van der Waals surface area contributed by atoms with Crippen LogP contribution in [0.25, 0.3) is 22.6 Å². The zero-order valence-electron chi connectivity index (χ0n) is 15.9. The highest BCUT2D eigenvalue weighted by Gasteiger charge is 2.27. The van der Waals surface area contributed by atoms with E-state index in [9.17, 15) is 9.59 Å². The molecular weight excluding hydrogens is 382 g/mol. The van der Waals surface area contributed by atoms with Crippen molar-refractivity contribution in [3.8, 4) is 17.2 Å². The van der Waals surface area contributed by atoms with Crippen molar-refractivity contribution >= 4 is 34.3 Å². The normalized spacial score (nSPS) is 13.1. The molecule has 3 aromatic carbocycles. The first kappa shape index (κ1) is 17.9. The number of nitrogens with zero attached hydrogens (tertiary/aromatic N) is 2. The molecule has 0 fully saturated rings. The summed E-state index contributed by atoms with van der Waals surface area (Å²) in [5.41, 5.74) is 3.40. The van der Waals surface area contributed by atoms with Gasteiger partial charge in [-0.15, -0.1) is 0 Å². The van der Waals surface area contributed by atoms with Crippen LogP contribution in [0, 0.1) is 0 Å². The Balaban J connectivity index is 1.34. The van der Waals surface area contributed by atoms with Crippen molar-refractivity contribution in [1.29, 1.82) is 0 Å². The van der Waals surface area contributed by atoms with E-state index in [-0.39, 0.29) is 25.0 Å². The maximum absolute atomic E-state index is 12.6. The zero-order chi connectivity index (χ0) is 20.5. The quantitative estimate of drug-likeness (QED) is 0.563. The fourth-order valence-electron chi connectivity index (χ4n) is 3.40. The minimum atomic E-state index is -0.310. The Labute approximate surface area is 171 Å². The van der Waals surface area contributed by atoms with Crippen LogP contribution in [0.3, 0.4) is 0 Å². The van der Waals surface area contributed by atoms with Gasteiger partial charge in [0, 0.05) is 11.3 Å². The molecule has 0 saturated heterocycles. The van der Waals surface area contributed by atoms with E-state index in [4.69, 9.17) is 9.15 Å². The fourth-order valence-corrected chi connectivity index (χ4v) is 3.40. The minimum absolute atomic E-state index is 0.0858. The third-order valence-electron chi connectivity index (χ3n) is 4.80. The number of anilines is 2. The van der Waals surface area contributed by atoms with Crippen LogP contribution < -0.4 is 15.0 Å². The van der Waals surface area contributed by atoms with E-state index in [0.29, 0.717) is 28.6 Å². The molecule has 1 aromatic heterocycles. The molecule has 0 bridgehead atoms. The van der Waals surface area contributed by atoms with Gasteiger partial charge in [0.05, 0.1) is 5.69 Å². The summed E-state index contributed by atoms with van der Waals surface area (Å²) in [4.78, 5) is 30.8. The van der Waals surface area contributed by atoms with Crippen molar-refractivity contribution in [3.05, 3.63) is 72.8 Å². The van der Waals surface area contributed by atoms with E-state index in [1.54, 1.807) is 30.3 Å². The van der Waals surface area contributed by atoms with E-state index >= 15 is 0 Å². The number of aromatic nitrogens is 1. The smallest absolute Gasteiger partial charge is 0.265 e. The molecule has 1 aliphatic rings. The van der Waals surface area contributed by atoms with Gasteiger partial charge in [-0.05, 0) is 42.5 Å². The predicted molar refractivity (Wildman–Crippen MR) is 112 cm³/mol. The molecule has 1 aliphatic heterocycles. The number of ether oxygens (including phenoxy) is 1. The molecule has 2 amide bonds. The number of carbonyl (C=O) groups excluding carboxylic acids is 2. The van der Waals surface area contributed by atoms with E-state index < -0.39 is 0 Å². The monoisotopic (exact) mass is 399 g/mol. The van der Waals surface area contributed by atoms with Crippen LogP contribution in [0.1, 0.15) is 0 Å². The van der Waals surface area contributed by atoms with Gasteiger partial charge in [-0.25, -0.2) is 4.98 Å². The number of carbonyl (C=O) groups is 2. The summed E-state index contributed by atoms with van der Waals surface area (Å²) >= 11 is 0. The van der Waals surface area contributed by atoms with Crippen LogP contribution in [0.4, 0.5) is 11.4 Å². The van der Waals surface area contributed by atoms with Gasteiger partial charge in [0.1, 0.15) is 17.8 Å². The van der Waals surface area contributed by atoms with Gasteiger partial charge in [-0.1, -0.05) is 30.3 Å². The van der Waals surface area contributed by atoms with Gasteiger partial charge < -0.3 is 14.5 Å². The Bertz CT molecular complexity index is 1230. The van der Waals surface area contributed by atoms with Crippen LogP contribution in [0.5, 0.6) is 5.75 Å². The van der Waals surface area contributed by atoms with Crippen molar-refractivity contribution < 1.29 is 18.7 Å².